The van der Waals surface area contributed by atoms with E-state index < -0.39 is 0 Å². The molecule has 4 fully saturated rings. The zero-order valence-corrected chi connectivity index (χ0v) is 14.9. The predicted octanol–water partition coefficient (Wildman–Crippen LogP) is 3.52. The van der Waals surface area contributed by atoms with Crippen LogP contribution in [0.4, 0.5) is 0 Å². The van der Waals surface area contributed by atoms with Gasteiger partial charge in [0.25, 0.3) is 0 Å². The number of benzene rings is 1. The van der Waals surface area contributed by atoms with Gasteiger partial charge in [-0.2, -0.15) is 0 Å². The Labute approximate surface area is 145 Å². The standard InChI is InChI=1S/C18H24BNO2.ClH/c1-17(2)12-8-14(17)18(3)15(9-12)21-19(22-18)16-13-7-5-4-6-11(13)10-20-16;/h4-7,12,14-16,20H,8-10H2,1-3H3;1H/t12-,14-,15+,16-,18-;/m0./s1. The zero-order chi connectivity index (χ0) is 15.1. The van der Waals surface area contributed by atoms with Crippen LogP contribution in [0.5, 0.6) is 0 Å². The third-order valence-electron chi connectivity index (χ3n) is 7.14. The fourth-order valence-corrected chi connectivity index (χ4v) is 5.61. The summed E-state index contributed by atoms with van der Waals surface area (Å²) in [5.74, 6) is 1.62. The van der Waals surface area contributed by atoms with Gasteiger partial charge in [-0.05, 0) is 48.1 Å². The molecule has 3 aliphatic carbocycles. The maximum absolute atomic E-state index is 6.59. The Morgan fingerprint density at radius 2 is 1.96 bits per heavy atom. The molecule has 124 valence electrons. The average Bonchev–Trinajstić information content (AvgIpc) is 3.06. The van der Waals surface area contributed by atoms with E-state index in [-0.39, 0.29) is 37.2 Å². The van der Waals surface area contributed by atoms with Crippen molar-refractivity contribution in [3.05, 3.63) is 35.4 Å². The van der Waals surface area contributed by atoms with Crippen molar-refractivity contribution in [1.29, 1.82) is 0 Å². The summed E-state index contributed by atoms with van der Waals surface area (Å²) in [6, 6.07) is 8.63. The van der Waals surface area contributed by atoms with Crippen LogP contribution in [0.15, 0.2) is 24.3 Å². The summed E-state index contributed by atoms with van der Waals surface area (Å²) in [5.41, 5.74) is 3.03. The van der Waals surface area contributed by atoms with Gasteiger partial charge in [0.05, 0.1) is 17.6 Å². The fraction of sp³-hybridized carbons (Fsp3) is 0.667. The summed E-state index contributed by atoms with van der Waals surface area (Å²) in [7, 11) is -0.145. The summed E-state index contributed by atoms with van der Waals surface area (Å²) in [6.07, 6.45) is 2.74. The van der Waals surface area contributed by atoms with Gasteiger partial charge in [-0.3, -0.25) is 0 Å². The van der Waals surface area contributed by atoms with Crippen LogP contribution in [0.2, 0.25) is 0 Å². The molecule has 0 spiro atoms. The summed E-state index contributed by atoms with van der Waals surface area (Å²) in [6.45, 7) is 8.03. The molecule has 0 radical (unpaired) electrons. The summed E-state index contributed by atoms with van der Waals surface area (Å²) < 4.78 is 13.0. The van der Waals surface area contributed by atoms with Gasteiger partial charge in [-0.25, -0.2) is 0 Å². The van der Waals surface area contributed by atoms with Crippen molar-refractivity contribution in [1.82, 2.24) is 5.32 Å². The third-order valence-corrected chi connectivity index (χ3v) is 7.14. The van der Waals surface area contributed by atoms with Gasteiger partial charge in [0.15, 0.2) is 0 Å². The number of nitrogens with one attached hydrogen (secondary N) is 1. The quantitative estimate of drug-likeness (QED) is 0.798. The van der Waals surface area contributed by atoms with E-state index in [2.05, 4.69) is 50.4 Å². The molecule has 0 amide bonds. The van der Waals surface area contributed by atoms with Gasteiger partial charge >= 0.3 is 7.12 Å². The Morgan fingerprint density at radius 1 is 1.17 bits per heavy atom. The van der Waals surface area contributed by atoms with Crippen LogP contribution >= 0.6 is 12.4 Å². The number of rotatable bonds is 1. The van der Waals surface area contributed by atoms with E-state index in [0.29, 0.717) is 11.3 Å². The van der Waals surface area contributed by atoms with Crippen molar-refractivity contribution in [2.24, 2.45) is 17.3 Å². The highest BCUT2D eigenvalue weighted by molar-refractivity contribution is 6.47. The SMILES string of the molecule is CC1(C)[C@@H]2C[C@H]3OB([C@H]4NCc5ccccc54)O[C@@]3(C)[C@H]1C2.Cl. The first-order valence-electron chi connectivity index (χ1n) is 8.64. The van der Waals surface area contributed by atoms with E-state index in [1.54, 1.807) is 0 Å². The van der Waals surface area contributed by atoms with Gasteiger partial charge < -0.3 is 14.6 Å². The highest BCUT2D eigenvalue weighted by Gasteiger charge is 2.68. The molecule has 3 nitrogen and oxygen atoms in total. The lowest BCUT2D eigenvalue weighted by molar-refractivity contribution is -0.199. The highest BCUT2D eigenvalue weighted by Crippen LogP contribution is 2.66. The lowest BCUT2D eigenvalue weighted by Crippen LogP contribution is -2.65. The second-order valence-electron chi connectivity index (χ2n) is 8.39. The third kappa shape index (κ3) is 1.95. The van der Waals surface area contributed by atoms with E-state index in [4.69, 9.17) is 9.31 Å². The molecular formula is C18H25BClNO2. The van der Waals surface area contributed by atoms with Crippen LogP contribution in [0.3, 0.4) is 0 Å². The molecule has 1 saturated heterocycles. The van der Waals surface area contributed by atoms with Crippen LogP contribution < -0.4 is 5.32 Å². The monoisotopic (exact) mass is 333 g/mol. The van der Waals surface area contributed by atoms with E-state index in [0.717, 1.165) is 18.9 Å². The highest BCUT2D eigenvalue weighted by atomic mass is 35.5. The number of hydrogen-bond acceptors (Lipinski definition) is 3. The van der Waals surface area contributed by atoms with Crippen LogP contribution in [-0.2, 0) is 15.9 Å². The Hall–Kier alpha value is -0.545. The normalized spacial score (nSPS) is 42.5. The first-order valence-corrected chi connectivity index (χ1v) is 8.64. The summed E-state index contributed by atoms with van der Waals surface area (Å²) in [4.78, 5) is 0. The predicted molar refractivity (Wildman–Crippen MR) is 93.4 cm³/mol. The van der Waals surface area contributed by atoms with E-state index in [9.17, 15) is 0 Å². The van der Waals surface area contributed by atoms with Gasteiger partial charge in [-0.1, -0.05) is 38.1 Å². The largest absolute Gasteiger partial charge is 0.480 e. The molecule has 0 aromatic heterocycles. The molecule has 2 bridgehead atoms. The molecule has 1 N–H and O–H groups in total. The lowest BCUT2D eigenvalue weighted by atomic mass is 9.43. The first kappa shape index (κ1) is 16.0. The Morgan fingerprint density at radius 3 is 2.74 bits per heavy atom. The lowest BCUT2D eigenvalue weighted by Gasteiger charge is -2.64. The molecule has 1 aromatic carbocycles. The van der Waals surface area contributed by atoms with Crippen molar-refractivity contribution < 1.29 is 9.31 Å². The van der Waals surface area contributed by atoms with Gasteiger partial charge in [0.1, 0.15) is 0 Å². The molecule has 5 atom stereocenters. The maximum atomic E-state index is 6.59. The Kier molecular flexibility index (Phi) is 3.45. The van der Waals surface area contributed by atoms with Gasteiger partial charge in [0.2, 0.25) is 0 Å². The van der Waals surface area contributed by atoms with Crippen LogP contribution in [0.25, 0.3) is 0 Å². The number of hydrogen-bond donors (Lipinski definition) is 1. The molecule has 1 aromatic rings. The Bertz CT molecular complexity index is 639. The van der Waals surface area contributed by atoms with E-state index >= 15 is 0 Å². The molecule has 23 heavy (non-hydrogen) atoms. The minimum absolute atomic E-state index is 0. The van der Waals surface area contributed by atoms with Crippen molar-refractivity contribution >= 4 is 19.5 Å². The van der Waals surface area contributed by atoms with Gasteiger partial charge in [-0.15, -0.1) is 12.4 Å². The average molecular weight is 334 g/mol. The molecule has 6 rings (SSSR count). The molecule has 2 heterocycles. The van der Waals surface area contributed by atoms with Crippen LogP contribution in [0.1, 0.15) is 50.7 Å². The zero-order valence-electron chi connectivity index (χ0n) is 14.0. The van der Waals surface area contributed by atoms with E-state index in [1.807, 2.05) is 0 Å². The van der Waals surface area contributed by atoms with Crippen LogP contribution in [0, 0.1) is 17.3 Å². The van der Waals surface area contributed by atoms with E-state index in [1.165, 1.54) is 17.5 Å². The maximum Gasteiger partial charge on any atom is 0.480 e. The van der Waals surface area contributed by atoms with Crippen molar-refractivity contribution in [3.8, 4) is 0 Å². The van der Waals surface area contributed by atoms with Crippen molar-refractivity contribution in [3.63, 3.8) is 0 Å². The topological polar surface area (TPSA) is 30.5 Å². The van der Waals surface area contributed by atoms with Crippen molar-refractivity contribution in [2.75, 3.05) is 0 Å². The van der Waals surface area contributed by atoms with Crippen LogP contribution in [-0.4, -0.2) is 18.8 Å². The number of halogens is 1. The molecule has 3 saturated carbocycles. The first-order chi connectivity index (χ1) is 10.5. The molecule has 0 unspecified atom stereocenters. The second-order valence-corrected chi connectivity index (χ2v) is 8.39. The summed E-state index contributed by atoms with van der Waals surface area (Å²) in [5, 5.41) is 3.59. The summed E-state index contributed by atoms with van der Waals surface area (Å²) >= 11 is 0. The van der Waals surface area contributed by atoms with Crippen molar-refractivity contribution in [2.45, 2.75) is 57.8 Å². The minimum atomic E-state index is -0.145. The Balaban J connectivity index is 0.00000135. The minimum Gasteiger partial charge on any atom is -0.404 e. The van der Waals surface area contributed by atoms with Gasteiger partial charge in [0, 0.05) is 6.54 Å². The molecular weight excluding hydrogens is 308 g/mol. The smallest absolute Gasteiger partial charge is 0.404 e. The molecule has 2 aliphatic heterocycles. The number of fused-ring (bicyclic) bond motifs is 1. The molecule has 5 aliphatic rings. The molecule has 5 heteroatoms. The fourth-order valence-electron chi connectivity index (χ4n) is 5.61. The second kappa shape index (κ2) is 4.98.